The molecule has 2 heterocycles. The van der Waals surface area contributed by atoms with Crippen LogP contribution < -0.4 is 10.6 Å². The second-order valence-electron chi connectivity index (χ2n) is 3.52. The number of nitrogens with one attached hydrogen (secondary N) is 2. The highest BCUT2D eigenvalue weighted by atomic mass is 16.3. The van der Waals surface area contributed by atoms with Gasteiger partial charge in [0.05, 0.1) is 12.5 Å². The van der Waals surface area contributed by atoms with Gasteiger partial charge in [-0.05, 0) is 23.8 Å². The van der Waals surface area contributed by atoms with Crippen LogP contribution in [-0.4, -0.2) is 11.0 Å². The number of rotatable bonds is 4. The number of pyridine rings is 1. The summed E-state index contributed by atoms with van der Waals surface area (Å²) < 4.78 is 4.90. The molecule has 2 rings (SSSR count). The van der Waals surface area contributed by atoms with Crippen molar-refractivity contribution in [1.82, 2.24) is 15.6 Å². The summed E-state index contributed by atoms with van der Waals surface area (Å²) in [6.45, 7) is 0.943. The van der Waals surface area contributed by atoms with Crippen LogP contribution in [0.3, 0.4) is 0 Å². The number of furan rings is 1. The molecule has 5 nitrogen and oxygen atoms in total. The van der Waals surface area contributed by atoms with E-state index in [-0.39, 0.29) is 6.03 Å². The number of amides is 2. The van der Waals surface area contributed by atoms with Crippen molar-refractivity contribution in [1.29, 1.82) is 0 Å². The molecular weight excluding hydrogens is 218 g/mol. The zero-order valence-corrected chi connectivity index (χ0v) is 9.22. The van der Waals surface area contributed by atoms with E-state index in [2.05, 4.69) is 15.6 Å². The molecular formula is C12H13N3O2. The van der Waals surface area contributed by atoms with Crippen molar-refractivity contribution >= 4 is 6.03 Å². The Labute approximate surface area is 98.9 Å². The first-order chi connectivity index (χ1) is 8.34. The Morgan fingerprint density at radius 3 is 2.47 bits per heavy atom. The van der Waals surface area contributed by atoms with Gasteiger partial charge >= 0.3 is 6.03 Å². The fraction of sp³-hybridized carbons (Fsp3) is 0.167. The fourth-order valence-electron chi connectivity index (χ4n) is 1.32. The molecule has 0 unspecified atom stereocenters. The molecule has 0 atom stereocenters. The predicted molar refractivity (Wildman–Crippen MR) is 62.0 cm³/mol. The Hall–Kier alpha value is -2.30. The quantitative estimate of drug-likeness (QED) is 0.841. The minimum atomic E-state index is -0.206. The highest BCUT2D eigenvalue weighted by molar-refractivity contribution is 5.73. The van der Waals surface area contributed by atoms with Gasteiger partial charge in [0, 0.05) is 31.0 Å². The van der Waals surface area contributed by atoms with Crippen LogP contribution in [0.25, 0.3) is 0 Å². The van der Waals surface area contributed by atoms with Gasteiger partial charge in [-0.3, -0.25) is 4.98 Å². The molecule has 0 saturated heterocycles. The van der Waals surface area contributed by atoms with Crippen molar-refractivity contribution in [2.75, 3.05) is 0 Å². The van der Waals surface area contributed by atoms with Crippen LogP contribution in [0.2, 0.25) is 0 Å². The van der Waals surface area contributed by atoms with Gasteiger partial charge < -0.3 is 15.1 Å². The number of hydrogen-bond donors (Lipinski definition) is 2. The normalized spacial score (nSPS) is 9.88. The summed E-state index contributed by atoms with van der Waals surface area (Å²) in [6.07, 6.45) is 6.57. The van der Waals surface area contributed by atoms with Crippen molar-refractivity contribution in [3.8, 4) is 0 Å². The van der Waals surface area contributed by atoms with Crippen LogP contribution in [0, 0.1) is 0 Å². The maximum atomic E-state index is 11.4. The van der Waals surface area contributed by atoms with Crippen molar-refractivity contribution in [2.45, 2.75) is 13.1 Å². The molecule has 2 aromatic heterocycles. The standard InChI is InChI=1S/C12H13N3O2/c16-12(15-8-11-3-6-17-9-11)14-7-10-1-4-13-5-2-10/h1-6,9H,7-8H2,(H2,14,15,16). The third-order valence-electron chi connectivity index (χ3n) is 2.24. The summed E-state index contributed by atoms with van der Waals surface area (Å²) in [5.41, 5.74) is 1.95. The van der Waals surface area contributed by atoms with Gasteiger partial charge in [-0.15, -0.1) is 0 Å². The summed E-state index contributed by atoms with van der Waals surface area (Å²) in [5, 5.41) is 5.48. The van der Waals surface area contributed by atoms with E-state index in [4.69, 9.17) is 4.42 Å². The number of aromatic nitrogens is 1. The van der Waals surface area contributed by atoms with Crippen molar-refractivity contribution in [2.24, 2.45) is 0 Å². The monoisotopic (exact) mass is 231 g/mol. The Morgan fingerprint density at radius 2 is 1.82 bits per heavy atom. The summed E-state index contributed by atoms with van der Waals surface area (Å²) >= 11 is 0. The first-order valence-electron chi connectivity index (χ1n) is 5.26. The van der Waals surface area contributed by atoms with E-state index < -0.39 is 0 Å². The molecule has 17 heavy (non-hydrogen) atoms. The average molecular weight is 231 g/mol. The Bertz CT molecular complexity index is 454. The van der Waals surface area contributed by atoms with E-state index in [0.29, 0.717) is 13.1 Å². The van der Waals surface area contributed by atoms with E-state index in [1.54, 1.807) is 24.9 Å². The lowest BCUT2D eigenvalue weighted by molar-refractivity contribution is 0.240. The molecule has 0 aliphatic heterocycles. The van der Waals surface area contributed by atoms with Gasteiger partial charge in [-0.2, -0.15) is 0 Å². The lowest BCUT2D eigenvalue weighted by atomic mass is 10.3. The van der Waals surface area contributed by atoms with Gasteiger partial charge in [0.1, 0.15) is 0 Å². The van der Waals surface area contributed by atoms with E-state index in [1.807, 2.05) is 18.2 Å². The van der Waals surface area contributed by atoms with Gasteiger partial charge in [0.2, 0.25) is 0 Å². The largest absolute Gasteiger partial charge is 0.472 e. The first kappa shape index (κ1) is 11.2. The van der Waals surface area contributed by atoms with Gasteiger partial charge in [0.25, 0.3) is 0 Å². The molecule has 0 radical (unpaired) electrons. The number of urea groups is 1. The lowest BCUT2D eigenvalue weighted by Gasteiger charge is -2.06. The van der Waals surface area contributed by atoms with E-state index in [0.717, 1.165) is 11.1 Å². The third-order valence-corrected chi connectivity index (χ3v) is 2.24. The average Bonchev–Trinajstić information content (AvgIpc) is 2.88. The highest BCUT2D eigenvalue weighted by Crippen LogP contribution is 1.98. The van der Waals surface area contributed by atoms with Crippen LogP contribution in [-0.2, 0) is 13.1 Å². The molecule has 0 spiro atoms. The Morgan fingerprint density at radius 1 is 1.12 bits per heavy atom. The van der Waals surface area contributed by atoms with Crippen LogP contribution in [0.15, 0.2) is 47.5 Å². The fourth-order valence-corrected chi connectivity index (χ4v) is 1.32. The first-order valence-corrected chi connectivity index (χ1v) is 5.26. The molecule has 0 saturated carbocycles. The number of nitrogens with zero attached hydrogens (tertiary/aromatic N) is 1. The van der Waals surface area contributed by atoms with Crippen LogP contribution in [0.1, 0.15) is 11.1 Å². The summed E-state index contributed by atoms with van der Waals surface area (Å²) in [7, 11) is 0. The van der Waals surface area contributed by atoms with Crippen molar-refractivity contribution in [3.63, 3.8) is 0 Å². The predicted octanol–water partition coefficient (Wildman–Crippen LogP) is 1.67. The number of hydrogen-bond acceptors (Lipinski definition) is 3. The molecule has 5 heteroatoms. The van der Waals surface area contributed by atoms with Gasteiger partial charge in [-0.1, -0.05) is 0 Å². The Kier molecular flexibility index (Phi) is 3.75. The lowest BCUT2D eigenvalue weighted by Crippen LogP contribution is -2.34. The van der Waals surface area contributed by atoms with Gasteiger partial charge in [-0.25, -0.2) is 4.79 Å². The smallest absolute Gasteiger partial charge is 0.315 e. The Balaban J connectivity index is 1.71. The molecule has 0 fully saturated rings. The third kappa shape index (κ3) is 3.64. The molecule has 0 aliphatic rings. The second-order valence-corrected chi connectivity index (χ2v) is 3.52. The van der Waals surface area contributed by atoms with Gasteiger partial charge in [0.15, 0.2) is 0 Å². The van der Waals surface area contributed by atoms with Crippen LogP contribution in [0.5, 0.6) is 0 Å². The van der Waals surface area contributed by atoms with Crippen molar-refractivity contribution < 1.29 is 9.21 Å². The molecule has 2 amide bonds. The maximum Gasteiger partial charge on any atom is 0.315 e. The van der Waals surface area contributed by atoms with E-state index in [9.17, 15) is 4.79 Å². The molecule has 2 N–H and O–H groups in total. The van der Waals surface area contributed by atoms with Crippen LogP contribution >= 0.6 is 0 Å². The SMILES string of the molecule is O=C(NCc1ccncc1)NCc1ccoc1. The molecule has 0 aromatic carbocycles. The zero-order chi connectivity index (χ0) is 11.9. The molecule has 0 aliphatic carbocycles. The minimum Gasteiger partial charge on any atom is -0.472 e. The van der Waals surface area contributed by atoms with E-state index in [1.165, 1.54) is 0 Å². The highest BCUT2D eigenvalue weighted by Gasteiger charge is 2.00. The zero-order valence-electron chi connectivity index (χ0n) is 9.22. The van der Waals surface area contributed by atoms with E-state index >= 15 is 0 Å². The molecule has 88 valence electrons. The van der Waals surface area contributed by atoms with Crippen LogP contribution in [0.4, 0.5) is 4.79 Å². The van der Waals surface area contributed by atoms with Crippen molar-refractivity contribution in [3.05, 3.63) is 54.2 Å². The minimum absolute atomic E-state index is 0.206. The molecule has 0 bridgehead atoms. The second kappa shape index (κ2) is 5.69. The topological polar surface area (TPSA) is 67.2 Å². The summed E-state index contributed by atoms with van der Waals surface area (Å²) in [4.78, 5) is 15.3. The number of carbonyl (C=O) groups excluding carboxylic acids is 1. The summed E-state index contributed by atoms with van der Waals surface area (Å²) in [6, 6.07) is 5.32. The maximum absolute atomic E-state index is 11.4. The summed E-state index contributed by atoms with van der Waals surface area (Å²) in [5.74, 6) is 0. The molecule has 2 aromatic rings. The number of carbonyl (C=O) groups is 1.